The Labute approximate surface area is 141 Å². The fraction of sp³-hybridized carbons (Fsp3) is 0.278. The molecule has 2 aromatic rings. The van der Waals surface area contributed by atoms with Crippen LogP contribution in [0.25, 0.3) is 0 Å². The molecule has 0 saturated carbocycles. The van der Waals surface area contributed by atoms with E-state index in [9.17, 15) is 4.79 Å². The maximum atomic E-state index is 11.9. The first kappa shape index (κ1) is 16.9. The summed E-state index contributed by atoms with van der Waals surface area (Å²) in [6, 6.07) is 14.4. The van der Waals surface area contributed by atoms with Crippen molar-refractivity contribution in [3.8, 4) is 11.5 Å². The largest absolute Gasteiger partial charge is 0.457 e. The van der Waals surface area contributed by atoms with E-state index in [0.717, 1.165) is 18.4 Å². The standard InChI is InChI=1S/C18H18Cl2O2/c1-2-3-4-17(21)18(20)13-5-9-15(10-6-13)22-16-11-7-14(19)8-12-16/h5-12,18H,2-4H2,1H3. The second-order valence-electron chi connectivity index (χ2n) is 5.06. The molecule has 0 aliphatic carbocycles. The number of carbonyl (C=O) groups excluding carboxylic acids is 1. The summed E-state index contributed by atoms with van der Waals surface area (Å²) in [6.07, 6.45) is 2.39. The highest BCUT2D eigenvalue weighted by molar-refractivity contribution is 6.31. The molecule has 1 unspecified atom stereocenters. The molecule has 0 radical (unpaired) electrons. The number of Topliss-reactive ketones (excluding diaryl/α,β-unsaturated/α-hetero) is 1. The SMILES string of the molecule is CCCCC(=O)C(Cl)c1ccc(Oc2ccc(Cl)cc2)cc1. The summed E-state index contributed by atoms with van der Waals surface area (Å²) >= 11 is 12.1. The number of alkyl halides is 1. The van der Waals surface area contributed by atoms with Gasteiger partial charge in [-0.05, 0) is 48.4 Å². The van der Waals surface area contributed by atoms with Gasteiger partial charge in [0.15, 0.2) is 5.78 Å². The lowest BCUT2D eigenvalue weighted by atomic mass is 10.0. The third kappa shape index (κ3) is 4.75. The van der Waals surface area contributed by atoms with Gasteiger partial charge in [0.05, 0.1) is 0 Å². The van der Waals surface area contributed by atoms with Crippen molar-refractivity contribution in [3.63, 3.8) is 0 Å². The van der Waals surface area contributed by atoms with E-state index in [1.807, 2.05) is 24.3 Å². The summed E-state index contributed by atoms with van der Waals surface area (Å²) in [6.45, 7) is 2.05. The fourth-order valence-corrected chi connectivity index (χ4v) is 2.39. The molecule has 0 aromatic heterocycles. The summed E-state index contributed by atoms with van der Waals surface area (Å²) < 4.78 is 5.71. The molecular formula is C18H18Cl2O2. The van der Waals surface area contributed by atoms with Gasteiger partial charge >= 0.3 is 0 Å². The molecule has 116 valence electrons. The first-order valence-corrected chi connectivity index (χ1v) is 8.11. The molecule has 2 rings (SSSR count). The summed E-state index contributed by atoms with van der Waals surface area (Å²) in [5, 5.41) is 0.0782. The Morgan fingerprint density at radius 3 is 2.14 bits per heavy atom. The van der Waals surface area contributed by atoms with Crippen LogP contribution in [0.3, 0.4) is 0 Å². The lowest BCUT2D eigenvalue weighted by Crippen LogP contribution is -2.06. The van der Waals surface area contributed by atoms with Gasteiger partial charge in [-0.3, -0.25) is 4.79 Å². The lowest BCUT2D eigenvalue weighted by molar-refractivity contribution is -0.118. The van der Waals surface area contributed by atoms with Gasteiger partial charge in [-0.15, -0.1) is 11.6 Å². The van der Waals surface area contributed by atoms with Crippen LogP contribution in [0.2, 0.25) is 5.02 Å². The van der Waals surface area contributed by atoms with Crippen LogP contribution in [0.1, 0.15) is 37.1 Å². The van der Waals surface area contributed by atoms with Crippen molar-refractivity contribution in [2.24, 2.45) is 0 Å². The Hall–Kier alpha value is -1.51. The van der Waals surface area contributed by atoms with Gasteiger partial charge in [-0.25, -0.2) is 0 Å². The van der Waals surface area contributed by atoms with Crippen LogP contribution >= 0.6 is 23.2 Å². The van der Waals surface area contributed by atoms with Crippen molar-refractivity contribution in [1.82, 2.24) is 0 Å². The van der Waals surface area contributed by atoms with Gasteiger partial charge in [0, 0.05) is 11.4 Å². The van der Waals surface area contributed by atoms with E-state index in [1.54, 1.807) is 24.3 Å². The predicted octanol–water partition coefficient (Wildman–Crippen LogP) is 6.17. The van der Waals surface area contributed by atoms with Crippen molar-refractivity contribution in [2.75, 3.05) is 0 Å². The van der Waals surface area contributed by atoms with Crippen molar-refractivity contribution in [3.05, 3.63) is 59.1 Å². The molecule has 0 heterocycles. The maximum Gasteiger partial charge on any atom is 0.155 e. The van der Waals surface area contributed by atoms with Gasteiger partial charge < -0.3 is 4.74 Å². The molecular weight excluding hydrogens is 319 g/mol. The third-order valence-electron chi connectivity index (χ3n) is 3.28. The first-order valence-electron chi connectivity index (χ1n) is 7.30. The van der Waals surface area contributed by atoms with Crippen molar-refractivity contribution < 1.29 is 9.53 Å². The van der Waals surface area contributed by atoms with E-state index in [0.29, 0.717) is 22.9 Å². The zero-order valence-electron chi connectivity index (χ0n) is 12.4. The summed E-state index contributed by atoms with van der Waals surface area (Å²) in [5.74, 6) is 1.46. The molecule has 2 nitrogen and oxygen atoms in total. The number of rotatable bonds is 7. The monoisotopic (exact) mass is 336 g/mol. The van der Waals surface area contributed by atoms with Crippen molar-refractivity contribution in [1.29, 1.82) is 0 Å². The molecule has 22 heavy (non-hydrogen) atoms. The molecule has 0 spiro atoms. The number of ketones is 1. The van der Waals surface area contributed by atoms with Gasteiger partial charge in [0.25, 0.3) is 0 Å². The van der Waals surface area contributed by atoms with E-state index in [1.165, 1.54) is 0 Å². The summed E-state index contributed by atoms with van der Waals surface area (Å²) in [5.41, 5.74) is 0.797. The fourth-order valence-electron chi connectivity index (χ4n) is 2.01. The molecule has 0 N–H and O–H groups in total. The average molecular weight is 337 g/mol. The van der Waals surface area contributed by atoms with Crippen LogP contribution in [0.5, 0.6) is 11.5 Å². The number of ether oxygens (including phenoxy) is 1. The Kier molecular flexibility index (Phi) is 6.29. The Morgan fingerprint density at radius 2 is 1.59 bits per heavy atom. The van der Waals surface area contributed by atoms with Crippen LogP contribution in [-0.2, 0) is 4.79 Å². The molecule has 1 atom stereocenters. The Bertz CT molecular complexity index is 606. The second-order valence-corrected chi connectivity index (χ2v) is 5.93. The van der Waals surface area contributed by atoms with E-state index >= 15 is 0 Å². The van der Waals surface area contributed by atoms with E-state index < -0.39 is 5.38 Å². The number of hydrogen-bond acceptors (Lipinski definition) is 2. The van der Waals surface area contributed by atoms with Crippen LogP contribution in [0.15, 0.2) is 48.5 Å². The predicted molar refractivity (Wildman–Crippen MR) is 91.1 cm³/mol. The van der Waals surface area contributed by atoms with Crippen LogP contribution in [-0.4, -0.2) is 5.78 Å². The van der Waals surface area contributed by atoms with Crippen LogP contribution < -0.4 is 4.74 Å². The van der Waals surface area contributed by atoms with Gasteiger partial charge in [0.1, 0.15) is 16.9 Å². The highest BCUT2D eigenvalue weighted by atomic mass is 35.5. The number of unbranched alkanes of at least 4 members (excludes halogenated alkanes) is 1. The van der Waals surface area contributed by atoms with Crippen molar-refractivity contribution >= 4 is 29.0 Å². The van der Waals surface area contributed by atoms with E-state index in [-0.39, 0.29) is 5.78 Å². The maximum absolute atomic E-state index is 11.9. The Morgan fingerprint density at radius 1 is 1.05 bits per heavy atom. The molecule has 0 aliphatic heterocycles. The highest BCUT2D eigenvalue weighted by Gasteiger charge is 2.16. The zero-order valence-corrected chi connectivity index (χ0v) is 13.9. The minimum absolute atomic E-state index is 0.0647. The quantitative estimate of drug-likeness (QED) is 0.565. The summed E-state index contributed by atoms with van der Waals surface area (Å²) in [4.78, 5) is 11.9. The van der Waals surface area contributed by atoms with E-state index in [4.69, 9.17) is 27.9 Å². The zero-order chi connectivity index (χ0) is 15.9. The first-order chi connectivity index (χ1) is 10.6. The summed E-state index contributed by atoms with van der Waals surface area (Å²) in [7, 11) is 0. The third-order valence-corrected chi connectivity index (χ3v) is 4.03. The molecule has 0 bridgehead atoms. The van der Waals surface area contributed by atoms with Gasteiger partial charge in [-0.2, -0.15) is 0 Å². The number of hydrogen-bond donors (Lipinski definition) is 0. The number of halogens is 2. The van der Waals surface area contributed by atoms with Crippen LogP contribution in [0, 0.1) is 0 Å². The minimum Gasteiger partial charge on any atom is -0.457 e. The number of carbonyl (C=O) groups is 1. The van der Waals surface area contributed by atoms with Gasteiger partial charge in [-0.1, -0.05) is 37.1 Å². The van der Waals surface area contributed by atoms with Gasteiger partial charge in [0.2, 0.25) is 0 Å². The van der Waals surface area contributed by atoms with Crippen molar-refractivity contribution in [2.45, 2.75) is 31.6 Å². The Balaban J connectivity index is 2.00. The van der Waals surface area contributed by atoms with E-state index in [2.05, 4.69) is 6.92 Å². The minimum atomic E-state index is -0.587. The topological polar surface area (TPSA) is 26.3 Å². The molecule has 4 heteroatoms. The highest BCUT2D eigenvalue weighted by Crippen LogP contribution is 2.28. The molecule has 0 saturated heterocycles. The molecule has 0 aliphatic rings. The smallest absolute Gasteiger partial charge is 0.155 e. The van der Waals surface area contributed by atoms with Crippen LogP contribution in [0.4, 0.5) is 0 Å². The lowest BCUT2D eigenvalue weighted by Gasteiger charge is -2.10. The second kappa shape index (κ2) is 8.21. The average Bonchev–Trinajstić information content (AvgIpc) is 2.55. The molecule has 2 aromatic carbocycles. The number of benzene rings is 2. The molecule has 0 fully saturated rings. The molecule has 0 amide bonds. The normalized spacial score (nSPS) is 12.0.